The predicted molar refractivity (Wildman–Crippen MR) is 139 cm³/mol. The highest BCUT2D eigenvalue weighted by Gasteiger charge is 2.16. The van der Waals surface area contributed by atoms with Crippen molar-refractivity contribution in [3.63, 3.8) is 0 Å². The summed E-state index contributed by atoms with van der Waals surface area (Å²) in [7, 11) is 0. The number of amides is 1. The summed E-state index contributed by atoms with van der Waals surface area (Å²) >= 11 is 1.67. The van der Waals surface area contributed by atoms with Crippen molar-refractivity contribution >= 4 is 32.9 Å². The summed E-state index contributed by atoms with van der Waals surface area (Å²) in [5.74, 6) is 0.0558. The van der Waals surface area contributed by atoms with Crippen LogP contribution in [0, 0.1) is 0 Å². The molecule has 2 heterocycles. The van der Waals surface area contributed by atoms with E-state index in [4.69, 9.17) is 15.2 Å². The van der Waals surface area contributed by atoms with E-state index in [9.17, 15) is 4.79 Å². The predicted octanol–water partition coefficient (Wildman–Crippen LogP) is 5.36. The third kappa shape index (κ3) is 7.29. The molecule has 2 aromatic rings. The Bertz CT molecular complexity index is 1060. The molecule has 5 nitrogen and oxygen atoms in total. The Morgan fingerprint density at radius 3 is 2.70 bits per heavy atom. The smallest absolute Gasteiger partial charge is 0.252 e. The highest BCUT2D eigenvalue weighted by atomic mass is 32.1. The molecule has 33 heavy (non-hydrogen) atoms. The van der Waals surface area contributed by atoms with E-state index in [1.165, 1.54) is 0 Å². The number of benzene rings is 1. The van der Waals surface area contributed by atoms with E-state index in [1.54, 1.807) is 11.3 Å². The molecule has 1 saturated heterocycles. The van der Waals surface area contributed by atoms with E-state index >= 15 is 0 Å². The number of carbonyl (C=O) groups excluding carboxylic acids is 1. The second kappa shape index (κ2) is 12.9. The van der Waals surface area contributed by atoms with Crippen LogP contribution in [0.4, 0.5) is 0 Å². The second-order valence-electron chi connectivity index (χ2n) is 7.69. The molecule has 0 atom stereocenters. The molecule has 1 aromatic heterocycles. The maximum absolute atomic E-state index is 12.1. The number of rotatable bonds is 12. The van der Waals surface area contributed by atoms with Crippen molar-refractivity contribution in [1.82, 2.24) is 4.90 Å². The van der Waals surface area contributed by atoms with Crippen molar-refractivity contribution < 1.29 is 14.3 Å². The van der Waals surface area contributed by atoms with Crippen LogP contribution in [0.2, 0.25) is 0 Å². The lowest BCUT2D eigenvalue weighted by atomic mass is 10.1. The standard InChI is InChI=1S/C27H32N2O3S/c1-3-5-6-7-8-9-11-21(10-4-2)25-19-22-18-23(27(28)30)24(20-26(22)33-25)32-17-14-29-12-15-31-16-13-29/h3-4,6-9,11,18-20H,1-2,5,10,12-17H2,(H2,28,30). The number of primary amides is 1. The normalized spacial score (nSPS) is 15.5. The minimum Gasteiger partial charge on any atom is -0.491 e. The van der Waals surface area contributed by atoms with Crippen molar-refractivity contribution in [2.45, 2.75) is 12.8 Å². The molecule has 0 bridgehead atoms. The van der Waals surface area contributed by atoms with Gasteiger partial charge in [0, 0.05) is 29.2 Å². The first-order valence-corrected chi connectivity index (χ1v) is 12.0. The topological polar surface area (TPSA) is 64.8 Å². The number of hydrogen-bond acceptors (Lipinski definition) is 5. The maximum atomic E-state index is 12.1. The van der Waals surface area contributed by atoms with Gasteiger partial charge in [-0.3, -0.25) is 9.69 Å². The number of ether oxygens (including phenoxy) is 2. The van der Waals surface area contributed by atoms with Crippen molar-refractivity contribution in [3.8, 4) is 5.75 Å². The molecule has 0 unspecified atom stereocenters. The highest BCUT2D eigenvalue weighted by Crippen LogP contribution is 2.36. The zero-order chi connectivity index (χ0) is 23.5. The van der Waals surface area contributed by atoms with Gasteiger partial charge >= 0.3 is 0 Å². The molecule has 2 N–H and O–H groups in total. The molecule has 1 aromatic carbocycles. The van der Waals surface area contributed by atoms with Crippen LogP contribution in [0.25, 0.3) is 15.7 Å². The Balaban J connectivity index is 1.80. The molecule has 1 amide bonds. The van der Waals surface area contributed by atoms with Crippen LogP contribution in [0.15, 0.2) is 73.9 Å². The minimum absolute atomic E-state index is 0.412. The molecule has 0 aliphatic carbocycles. The van der Waals surface area contributed by atoms with Gasteiger partial charge in [-0.25, -0.2) is 0 Å². The number of nitrogens with zero attached hydrogens (tertiary/aromatic N) is 1. The van der Waals surface area contributed by atoms with Crippen LogP contribution in [-0.4, -0.2) is 50.3 Å². The van der Waals surface area contributed by atoms with Crippen LogP contribution in [0.5, 0.6) is 5.75 Å². The fourth-order valence-electron chi connectivity index (χ4n) is 3.54. The van der Waals surface area contributed by atoms with E-state index in [-0.39, 0.29) is 0 Å². The Morgan fingerprint density at radius 2 is 1.97 bits per heavy atom. The summed E-state index contributed by atoms with van der Waals surface area (Å²) in [5, 5.41) is 0.981. The maximum Gasteiger partial charge on any atom is 0.252 e. The van der Waals surface area contributed by atoms with Crippen LogP contribution in [0.3, 0.4) is 0 Å². The SMILES string of the molecule is C=CCC=CC=CC=C(CC=C)c1cc2cc(C(N)=O)c(OCCN3CCOCC3)cc2s1. The summed E-state index contributed by atoms with van der Waals surface area (Å²) in [6, 6.07) is 5.87. The molecule has 1 aliphatic rings. The van der Waals surface area contributed by atoms with Gasteiger partial charge < -0.3 is 15.2 Å². The second-order valence-corrected chi connectivity index (χ2v) is 8.77. The van der Waals surface area contributed by atoms with E-state index in [0.717, 1.165) is 66.2 Å². The molecule has 1 fully saturated rings. The Kier molecular flexibility index (Phi) is 9.69. The summed E-state index contributed by atoms with van der Waals surface area (Å²) in [5.41, 5.74) is 7.24. The van der Waals surface area contributed by atoms with Gasteiger partial charge in [0.05, 0.1) is 18.8 Å². The Labute approximate surface area is 200 Å². The summed E-state index contributed by atoms with van der Waals surface area (Å²) in [4.78, 5) is 15.5. The van der Waals surface area contributed by atoms with Gasteiger partial charge in [0.1, 0.15) is 12.4 Å². The van der Waals surface area contributed by atoms with E-state index in [0.29, 0.717) is 17.9 Å². The van der Waals surface area contributed by atoms with Crippen molar-refractivity contribution in [1.29, 1.82) is 0 Å². The van der Waals surface area contributed by atoms with Crippen molar-refractivity contribution in [2.24, 2.45) is 5.73 Å². The quantitative estimate of drug-likeness (QED) is 0.339. The zero-order valence-electron chi connectivity index (χ0n) is 19.0. The Morgan fingerprint density at radius 1 is 1.15 bits per heavy atom. The van der Waals surface area contributed by atoms with Crippen LogP contribution >= 0.6 is 11.3 Å². The number of fused-ring (bicyclic) bond motifs is 1. The number of morpholine rings is 1. The first-order chi connectivity index (χ1) is 16.1. The fraction of sp³-hybridized carbons (Fsp3) is 0.296. The molecule has 174 valence electrons. The molecule has 0 spiro atoms. The first-order valence-electron chi connectivity index (χ1n) is 11.2. The monoisotopic (exact) mass is 464 g/mol. The molecular weight excluding hydrogens is 432 g/mol. The zero-order valence-corrected chi connectivity index (χ0v) is 19.8. The third-order valence-electron chi connectivity index (χ3n) is 5.29. The molecular formula is C27H32N2O3S. The molecule has 6 heteroatoms. The summed E-state index contributed by atoms with van der Waals surface area (Å²) in [6.07, 6.45) is 15.5. The van der Waals surface area contributed by atoms with Gasteiger partial charge in [-0.05, 0) is 42.0 Å². The lowest BCUT2D eigenvalue weighted by Gasteiger charge is -2.26. The number of carbonyl (C=O) groups is 1. The molecule has 0 saturated carbocycles. The van der Waals surface area contributed by atoms with Gasteiger partial charge in [-0.1, -0.05) is 42.5 Å². The van der Waals surface area contributed by atoms with Gasteiger partial charge in [0.2, 0.25) is 0 Å². The van der Waals surface area contributed by atoms with Crippen LogP contribution in [-0.2, 0) is 4.74 Å². The summed E-state index contributed by atoms with van der Waals surface area (Å²) in [6.45, 7) is 12.2. The van der Waals surface area contributed by atoms with Gasteiger partial charge in [0.15, 0.2) is 0 Å². The largest absolute Gasteiger partial charge is 0.491 e. The average molecular weight is 465 g/mol. The van der Waals surface area contributed by atoms with E-state index < -0.39 is 5.91 Å². The number of thiophene rings is 1. The lowest BCUT2D eigenvalue weighted by Crippen LogP contribution is -2.38. The first kappa shape index (κ1) is 24.7. The van der Waals surface area contributed by atoms with E-state index in [1.807, 2.05) is 42.5 Å². The molecule has 1 aliphatic heterocycles. The highest BCUT2D eigenvalue weighted by molar-refractivity contribution is 7.20. The number of nitrogens with two attached hydrogens (primary N) is 1. The van der Waals surface area contributed by atoms with Crippen molar-refractivity contribution in [3.05, 3.63) is 84.3 Å². The minimum atomic E-state index is -0.484. The van der Waals surface area contributed by atoms with E-state index in [2.05, 4.69) is 36.3 Å². The van der Waals surface area contributed by atoms with Gasteiger partial charge in [-0.15, -0.1) is 24.5 Å². The number of allylic oxidation sites excluding steroid dienone is 8. The summed E-state index contributed by atoms with van der Waals surface area (Å²) < 4.78 is 12.4. The van der Waals surface area contributed by atoms with Crippen LogP contribution in [0.1, 0.15) is 28.1 Å². The third-order valence-corrected chi connectivity index (χ3v) is 6.47. The lowest BCUT2D eigenvalue weighted by molar-refractivity contribution is 0.0322. The fourth-order valence-corrected chi connectivity index (χ4v) is 4.65. The molecule has 3 rings (SSSR count). The van der Waals surface area contributed by atoms with Gasteiger partial charge in [0.25, 0.3) is 5.91 Å². The molecule has 0 radical (unpaired) electrons. The number of hydrogen-bond donors (Lipinski definition) is 1. The van der Waals surface area contributed by atoms with Gasteiger partial charge in [-0.2, -0.15) is 0 Å². The average Bonchev–Trinajstić information content (AvgIpc) is 3.23. The Hall–Kier alpha value is -2.93. The van der Waals surface area contributed by atoms with Crippen molar-refractivity contribution in [2.75, 3.05) is 39.5 Å². The van der Waals surface area contributed by atoms with Crippen LogP contribution < -0.4 is 10.5 Å².